The van der Waals surface area contributed by atoms with E-state index in [4.69, 9.17) is 9.97 Å². The summed E-state index contributed by atoms with van der Waals surface area (Å²) >= 11 is 0. The lowest BCUT2D eigenvalue weighted by molar-refractivity contribution is 0.590. The van der Waals surface area contributed by atoms with Gasteiger partial charge in [0.1, 0.15) is 0 Å². The maximum atomic E-state index is 13.7. The molecule has 0 saturated heterocycles. The average molecular weight is 873 g/mol. The van der Waals surface area contributed by atoms with E-state index in [0.717, 1.165) is 85.4 Å². The summed E-state index contributed by atoms with van der Waals surface area (Å²) in [5.41, 5.74) is 16.2. The highest BCUT2D eigenvalue weighted by Crippen LogP contribution is 2.40. The number of benzene rings is 3. The highest BCUT2D eigenvalue weighted by molar-refractivity contribution is 5.99. The van der Waals surface area contributed by atoms with Gasteiger partial charge in [0, 0.05) is 51.4 Å². The number of nitrogens with zero attached hydrogens (tertiary/aromatic N) is 3. The third-order valence-electron chi connectivity index (χ3n) is 12.9. The number of aromatic nitrogens is 6. The number of H-pyrrole nitrogens is 3. The Morgan fingerprint density at radius 1 is 0.455 bits per heavy atom. The fourth-order valence-corrected chi connectivity index (χ4v) is 9.06. The van der Waals surface area contributed by atoms with E-state index < -0.39 is 11.2 Å². The summed E-state index contributed by atoms with van der Waals surface area (Å²) in [6, 6.07) is 36.3. The summed E-state index contributed by atoms with van der Waals surface area (Å²) in [6.45, 7) is 22.6. The molecule has 0 spiro atoms. The molecule has 0 aliphatic carbocycles. The van der Waals surface area contributed by atoms with Gasteiger partial charge in [0.25, 0.3) is 5.56 Å². The molecule has 0 radical (unpaired) electrons. The average Bonchev–Trinajstić information content (AvgIpc) is 4.11. The number of fused-ring (bicyclic) bond motifs is 8. The molecule has 0 fully saturated rings. The lowest BCUT2D eigenvalue weighted by Crippen LogP contribution is -2.31. The molecule has 0 atom stereocenters. The van der Waals surface area contributed by atoms with Crippen LogP contribution >= 0.6 is 0 Å². The van der Waals surface area contributed by atoms with Crippen LogP contribution in [0.5, 0.6) is 0 Å². The molecule has 2 aliphatic rings. The van der Waals surface area contributed by atoms with E-state index >= 15 is 0 Å². The van der Waals surface area contributed by atoms with Crippen LogP contribution in [0.25, 0.3) is 91.0 Å². The van der Waals surface area contributed by atoms with E-state index in [1.807, 2.05) is 18.2 Å². The minimum absolute atomic E-state index is 0.00531. The second-order valence-electron chi connectivity index (χ2n) is 20.8. The van der Waals surface area contributed by atoms with Crippen molar-refractivity contribution in [1.82, 2.24) is 29.5 Å². The quantitative estimate of drug-likeness (QED) is 0.148. The number of aromatic amines is 3. The molecular weight excluding hydrogens is 813 g/mol. The molecular formula is C58H60N6O2. The Hall–Kier alpha value is -7.06. The van der Waals surface area contributed by atoms with Crippen molar-refractivity contribution in [3.05, 3.63) is 163 Å². The zero-order valence-electron chi connectivity index (χ0n) is 39.9. The van der Waals surface area contributed by atoms with Gasteiger partial charge >= 0.3 is 5.69 Å². The minimum atomic E-state index is -0.467. The molecule has 9 rings (SSSR count). The van der Waals surface area contributed by atoms with E-state index in [2.05, 4.69) is 187 Å². The van der Waals surface area contributed by atoms with Crippen molar-refractivity contribution < 1.29 is 0 Å². The summed E-state index contributed by atoms with van der Waals surface area (Å²) in [5.74, 6) is 0. The van der Waals surface area contributed by atoms with Crippen LogP contribution in [0.3, 0.4) is 0 Å². The van der Waals surface area contributed by atoms with Crippen LogP contribution in [0, 0.1) is 0 Å². The lowest BCUT2D eigenvalue weighted by Gasteiger charge is -2.19. The fourth-order valence-electron chi connectivity index (χ4n) is 9.06. The molecule has 8 nitrogen and oxygen atoms in total. The molecule has 3 aromatic carbocycles. The Kier molecular flexibility index (Phi) is 11.2. The van der Waals surface area contributed by atoms with Crippen molar-refractivity contribution in [2.24, 2.45) is 0 Å². The van der Waals surface area contributed by atoms with Gasteiger partial charge in [0.05, 0.1) is 34.0 Å². The largest absolute Gasteiger partial charge is 0.354 e. The Morgan fingerprint density at radius 2 is 0.788 bits per heavy atom. The van der Waals surface area contributed by atoms with Gasteiger partial charge < -0.3 is 9.97 Å². The van der Waals surface area contributed by atoms with Gasteiger partial charge in [-0.2, -0.15) is 0 Å². The van der Waals surface area contributed by atoms with Crippen LogP contribution in [0.2, 0.25) is 0 Å². The normalized spacial score (nSPS) is 12.9. The van der Waals surface area contributed by atoms with E-state index in [-0.39, 0.29) is 16.2 Å². The van der Waals surface area contributed by atoms with Crippen LogP contribution < -0.4 is 11.2 Å². The van der Waals surface area contributed by atoms with E-state index in [9.17, 15) is 9.59 Å². The third kappa shape index (κ3) is 8.48. The standard InChI is InChI=1S/C58H60N6O2/c1-11-12-33-64-49(34-50(65)63-55(64)66)54-47-31-29-45(61-47)52(36-15-21-39(22-16-36)57(5,6)7)43-27-25-41(59-43)51(35-13-19-38(20-14-35)56(2,3)4)42-26-28-44(60-42)53(46-30-32-48(54)62-46)37-17-23-40(24-18-37)58(8,9)10/h13-32,34,59,62H,11-12,33H2,1-10H3,(H,63,65,66). The second-order valence-corrected chi connectivity index (χ2v) is 20.8. The summed E-state index contributed by atoms with van der Waals surface area (Å²) in [7, 11) is 0. The molecule has 334 valence electrons. The zero-order valence-corrected chi connectivity index (χ0v) is 39.9. The molecule has 3 N–H and O–H groups in total. The number of unbranched alkanes of at least 4 members (excludes halogenated alkanes) is 1. The second kappa shape index (κ2) is 16.7. The van der Waals surface area contributed by atoms with E-state index in [1.165, 1.54) is 22.8 Å². The summed E-state index contributed by atoms with van der Waals surface area (Å²) < 4.78 is 1.67. The van der Waals surface area contributed by atoms with Crippen LogP contribution in [-0.4, -0.2) is 29.5 Å². The molecule has 8 bridgehead atoms. The molecule has 2 aliphatic heterocycles. The monoisotopic (exact) mass is 872 g/mol. The van der Waals surface area contributed by atoms with Crippen molar-refractivity contribution in [2.45, 2.75) is 105 Å². The first-order valence-electron chi connectivity index (χ1n) is 23.2. The smallest absolute Gasteiger partial charge is 0.328 e. The summed E-state index contributed by atoms with van der Waals surface area (Å²) in [4.78, 5) is 48.1. The number of hydrogen-bond acceptors (Lipinski definition) is 4. The van der Waals surface area contributed by atoms with Crippen molar-refractivity contribution in [2.75, 3.05) is 0 Å². The number of rotatable bonds is 7. The molecule has 6 heterocycles. The predicted molar refractivity (Wildman–Crippen MR) is 276 cm³/mol. The SMILES string of the molecule is CCCCn1c(-c2c3nc(c(-c4ccc(C(C)(C)C)cc4)c4ccc([nH]4)c(-c4ccc(C(C)(C)C)cc4)c4nc(c(-c5ccc(C(C)(C)C)cc5)c5ccc2[nH]5)C=C4)C=C3)cc(=O)[nH]c1=O. The first-order valence-corrected chi connectivity index (χ1v) is 23.2. The van der Waals surface area contributed by atoms with Crippen molar-refractivity contribution in [3.8, 4) is 44.6 Å². The Bertz CT molecular complexity index is 3300. The fraction of sp³-hybridized carbons (Fsp3) is 0.276. The van der Waals surface area contributed by atoms with Gasteiger partial charge in [-0.05, 0) is 105 Å². The van der Waals surface area contributed by atoms with Crippen molar-refractivity contribution in [3.63, 3.8) is 0 Å². The van der Waals surface area contributed by atoms with Crippen molar-refractivity contribution in [1.29, 1.82) is 0 Å². The Labute approximate surface area is 387 Å². The molecule has 7 aromatic rings. The van der Waals surface area contributed by atoms with E-state index in [1.54, 1.807) is 4.57 Å². The van der Waals surface area contributed by atoms with Gasteiger partial charge in [-0.1, -0.05) is 148 Å². The highest BCUT2D eigenvalue weighted by atomic mass is 16.2. The molecule has 8 heteroatoms. The number of nitrogens with one attached hydrogen (secondary N) is 3. The zero-order chi connectivity index (χ0) is 46.7. The topological polar surface area (TPSA) is 112 Å². The van der Waals surface area contributed by atoms with Gasteiger partial charge in [0.2, 0.25) is 0 Å². The van der Waals surface area contributed by atoms with Gasteiger partial charge in [-0.15, -0.1) is 0 Å². The first-order chi connectivity index (χ1) is 31.4. The highest BCUT2D eigenvalue weighted by Gasteiger charge is 2.23. The van der Waals surface area contributed by atoms with Gasteiger partial charge in [0.15, 0.2) is 0 Å². The predicted octanol–water partition coefficient (Wildman–Crippen LogP) is 13.9. The summed E-state index contributed by atoms with van der Waals surface area (Å²) in [5, 5.41) is 0. The van der Waals surface area contributed by atoms with Crippen molar-refractivity contribution >= 4 is 46.4 Å². The summed E-state index contributed by atoms with van der Waals surface area (Å²) in [6.07, 6.45) is 9.90. The van der Waals surface area contributed by atoms with Crippen LogP contribution in [0.15, 0.2) is 113 Å². The maximum Gasteiger partial charge on any atom is 0.328 e. The molecule has 4 aromatic heterocycles. The maximum absolute atomic E-state index is 13.7. The molecule has 0 unspecified atom stereocenters. The Morgan fingerprint density at radius 3 is 1.12 bits per heavy atom. The van der Waals surface area contributed by atoms with Crippen LogP contribution in [0.4, 0.5) is 0 Å². The van der Waals surface area contributed by atoms with Crippen LogP contribution in [0.1, 0.15) is 122 Å². The van der Waals surface area contributed by atoms with Gasteiger partial charge in [-0.3, -0.25) is 14.3 Å². The molecule has 0 saturated carbocycles. The first kappa shape index (κ1) is 44.2. The lowest BCUT2D eigenvalue weighted by atomic mass is 9.86. The van der Waals surface area contributed by atoms with E-state index in [0.29, 0.717) is 23.5 Å². The molecule has 0 amide bonds. The number of hydrogen-bond donors (Lipinski definition) is 3. The third-order valence-corrected chi connectivity index (χ3v) is 12.9. The van der Waals surface area contributed by atoms with Crippen LogP contribution in [-0.2, 0) is 22.8 Å². The minimum Gasteiger partial charge on any atom is -0.354 e. The Balaban J connectivity index is 1.45. The van der Waals surface area contributed by atoms with Gasteiger partial charge in [-0.25, -0.2) is 14.8 Å². The molecule has 66 heavy (non-hydrogen) atoms.